The Hall–Kier alpha value is -0.630. The maximum absolute atomic E-state index is 6.46. The van der Waals surface area contributed by atoms with Gasteiger partial charge in [-0.25, -0.2) is 0 Å². The van der Waals surface area contributed by atoms with Crippen LogP contribution >= 0.6 is 11.8 Å². The minimum Gasteiger partial charge on any atom is -0.475 e. The van der Waals surface area contributed by atoms with Gasteiger partial charge < -0.3 is 4.74 Å². The number of ether oxygens (including phenoxy) is 1. The van der Waals surface area contributed by atoms with Crippen LogP contribution in [0.4, 0.5) is 0 Å². The molecule has 3 saturated carbocycles. The van der Waals surface area contributed by atoms with Crippen LogP contribution in [0.25, 0.3) is 0 Å². The van der Waals surface area contributed by atoms with Gasteiger partial charge in [0.1, 0.15) is 5.75 Å². The first kappa shape index (κ1) is 10.2. The summed E-state index contributed by atoms with van der Waals surface area (Å²) in [5.41, 5.74) is 0. The lowest BCUT2D eigenvalue weighted by molar-refractivity contribution is 0.0601. The first-order valence-corrected chi connectivity index (χ1v) is 8.14. The number of para-hydroxylation sites is 1. The molecule has 1 aromatic carbocycles. The summed E-state index contributed by atoms with van der Waals surface area (Å²) in [4.78, 5) is 1.50. The zero-order valence-corrected chi connectivity index (χ0v) is 11.3. The molecule has 0 amide bonds. The second kappa shape index (κ2) is 3.27. The zero-order chi connectivity index (χ0) is 11.7. The Morgan fingerprint density at radius 1 is 1.17 bits per heavy atom. The summed E-state index contributed by atoms with van der Waals surface area (Å²) in [7, 11) is 0. The van der Waals surface area contributed by atoms with Gasteiger partial charge in [0.25, 0.3) is 0 Å². The Morgan fingerprint density at radius 2 is 2.06 bits per heavy atom. The molecular weight excluding hydrogens is 240 g/mol. The summed E-state index contributed by atoms with van der Waals surface area (Å²) in [6.45, 7) is 0. The van der Waals surface area contributed by atoms with Crippen LogP contribution in [0.2, 0.25) is 0 Å². The van der Waals surface area contributed by atoms with E-state index in [0.29, 0.717) is 0 Å². The normalized spacial score (nSPS) is 47.3. The third-order valence-electron chi connectivity index (χ3n) is 5.83. The molecule has 1 aliphatic heterocycles. The summed E-state index contributed by atoms with van der Waals surface area (Å²) >= 11 is 2.04. The van der Waals surface area contributed by atoms with Crippen molar-refractivity contribution in [2.75, 3.05) is 0 Å². The molecule has 0 N–H and O–H groups in total. The molecule has 5 unspecified atom stereocenters. The molecule has 2 bridgehead atoms. The van der Waals surface area contributed by atoms with Crippen LogP contribution in [-0.2, 0) is 0 Å². The first-order chi connectivity index (χ1) is 8.86. The summed E-state index contributed by atoms with van der Waals surface area (Å²) < 4.78 is 6.46. The molecule has 1 heterocycles. The Bertz CT molecular complexity index is 487. The molecule has 2 heteroatoms. The van der Waals surface area contributed by atoms with E-state index in [4.69, 9.17) is 4.74 Å². The van der Waals surface area contributed by atoms with E-state index in [9.17, 15) is 0 Å². The molecule has 3 fully saturated rings. The van der Waals surface area contributed by atoms with Crippen molar-refractivity contribution in [1.29, 1.82) is 0 Å². The monoisotopic (exact) mass is 258 g/mol. The van der Waals surface area contributed by atoms with Crippen LogP contribution in [0, 0.1) is 23.7 Å². The van der Waals surface area contributed by atoms with Crippen LogP contribution in [0.3, 0.4) is 0 Å². The van der Waals surface area contributed by atoms with E-state index in [2.05, 4.69) is 24.3 Å². The fourth-order valence-electron chi connectivity index (χ4n) is 5.28. The number of hydrogen-bond acceptors (Lipinski definition) is 2. The topological polar surface area (TPSA) is 9.23 Å². The van der Waals surface area contributed by atoms with Gasteiger partial charge in [0, 0.05) is 12.3 Å². The number of hydrogen-bond donors (Lipinski definition) is 0. The third-order valence-corrected chi connectivity index (χ3v) is 7.29. The van der Waals surface area contributed by atoms with Gasteiger partial charge in [-0.2, -0.15) is 0 Å². The lowest BCUT2D eigenvalue weighted by Gasteiger charge is -2.38. The maximum atomic E-state index is 6.46. The largest absolute Gasteiger partial charge is 0.475 e. The van der Waals surface area contributed by atoms with E-state index in [0.717, 1.165) is 29.4 Å². The summed E-state index contributed by atoms with van der Waals surface area (Å²) in [6.07, 6.45) is 7.18. The van der Waals surface area contributed by atoms with Gasteiger partial charge in [-0.15, -0.1) is 0 Å². The number of fused-ring (bicyclic) bond motifs is 7. The van der Waals surface area contributed by atoms with Crippen molar-refractivity contribution in [2.45, 2.75) is 41.9 Å². The molecule has 3 aliphatic carbocycles. The molecule has 1 aromatic rings. The number of benzene rings is 1. The van der Waals surface area contributed by atoms with Crippen molar-refractivity contribution in [2.24, 2.45) is 23.7 Å². The molecular formula is C16H18OS. The number of rotatable bonds is 0. The maximum Gasteiger partial charge on any atom is 0.162 e. The standard InChI is InChI=1S/C16H18OS/c1-2-7-15-14(6-1)17-16(18-15)9-10-8-13(16)12-5-3-4-11(10)12/h1-2,6-7,10-13H,3-5,8-9H2. The van der Waals surface area contributed by atoms with E-state index >= 15 is 0 Å². The van der Waals surface area contributed by atoms with Crippen molar-refractivity contribution < 1.29 is 4.74 Å². The molecule has 5 atom stereocenters. The van der Waals surface area contributed by atoms with Gasteiger partial charge in [-0.1, -0.05) is 30.3 Å². The highest BCUT2D eigenvalue weighted by Gasteiger charge is 2.64. The van der Waals surface area contributed by atoms with Crippen LogP contribution in [-0.4, -0.2) is 4.93 Å². The van der Waals surface area contributed by atoms with E-state index in [1.54, 1.807) is 0 Å². The molecule has 1 nitrogen and oxygen atoms in total. The molecule has 94 valence electrons. The minimum absolute atomic E-state index is 0.125. The Balaban J connectivity index is 1.54. The van der Waals surface area contributed by atoms with E-state index in [1.807, 2.05) is 11.8 Å². The van der Waals surface area contributed by atoms with Crippen molar-refractivity contribution in [3.8, 4) is 5.75 Å². The van der Waals surface area contributed by atoms with Gasteiger partial charge in [0.05, 0.1) is 4.90 Å². The van der Waals surface area contributed by atoms with Crippen LogP contribution in [0.5, 0.6) is 5.75 Å². The summed E-state index contributed by atoms with van der Waals surface area (Å²) in [6, 6.07) is 8.62. The smallest absolute Gasteiger partial charge is 0.162 e. The van der Waals surface area contributed by atoms with Gasteiger partial charge in [0.2, 0.25) is 0 Å². The SMILES string of the molecule is c1ccc2c(c1)OC1(CC3CC1C1CCCC31)S2. The quantitative estimate of drug-likeness (QED) is 0.685. The molecule has 0 saturated heterocycles. The van der Waals surface area contributed by atoms with Gasteiger partial charge in [0.15, 0.2) is 4.93 Å². The average Bonchev–Trinajstić information content (AvgIpc) is 3.07. The molecule has 18 heavy (non-hydrogen) atoms. The van der Waals surface area contributed by atoms with E-state index in [-0.39, 0.29) is 4.93 Å². The fourth-order valence-corrected chi connectivity index (χ4v) is 6.86. The highest BCUT2D eigenvalue weighted by molar-refractivity contribution is 8.01. The highest BCUT2D eigenvalue weighted by Crippen LogP contribution is 2.69. The Labute approximate surface area is 112 Å². The molecule has 1 spiro atoms. The lowest BCUT2D eigenvalue weighted by atomic mass is 9.80. The zero-order valence-electron chi connectivity index (χ0n) is 10.5. The first-order valence-electron chi connectivity index (χ1n) is 7.33. The second-order valence-corrected chi connectivity index (χ2v) is 7.86. The molecule has 0 radical (unpaired) electrons. The van der Waals surface area contributed by atoms with Gasteiger partial charge in [-0.05, 0) is 49.1 Å². The Morgan fingerprint density at radius 3 is 3.00 bits per heavy atom. The number of thioether (sulfide) groups is 1. The molecule has 4 aliphatic rings. The molecule has 0 aromatic heterocycles. The third kappa shape index (κ3) is 1.11. The Kier molecular flexibility index (Phi) is 1.85. The van der Waals surface area contributed by atoms with Crippen molar-refractivity contribution in [1.82, 2.24) is 0 Å². The average molecular weight is 258 g/mol. The summed E-state index contributed by atoms with van der Waals surface area (Å²) in [5.74, 6) is 4.96. The van der Waals surface area contributed by atoms with Gasteiger partial charge in [-0.3, -0.25) is 0 Å². The van der Waals surface area contributed by atoms with Gasteiger partial charge >= 0.3 is 0 Å². The second-order valence-electron chi connectivity index (χ2n) is 6.53. The minimum atomic E-state index is 0.125. The van der Waals surface area contributed by atoms with Crippen molar-refractivity contribution >= 4 is 11.8 Å². The van der Waals surface area contributed by atoms with Crippen LogP contribution in [0.15, 0.2) is 29.2 Å². The van der Waals surface area contributed by atoms with Crippen molar-refractivity contribution in [3.63, 3.8) is 0 Å². The molecule has 5 rings (SSSR count). The predicted octanol–water partition coefficient (Wildman–Crippen LogP) is 4.32. The van der Waals surface area contributed by atoms with Crippen molar-refractivity contribution in [3.05, 3.63) is 24.3 Å². The predicted molar refractivity (Wildman–Crippen MR) is 72.7 cm³/mol. The summed E-state index contributed by atoms with van der Waals surface area (Å²) in [5, 5.41) is 0. The fraction of sp³-hybridized carbons (Fsp3) is 0.625. The van der Waals surface area contributed by atoms with E-state index < -0.39 is 0 Å². The van der Waals surface area contributed by atoms with Crippen LogP contribution < -0.4 is 4.74 Å². The van der Waals surface area contributed by atoms with Crippen LogP contribution in [0.1, 0.15) is 32.1 Å². The highest BCUT2D eigenvalue weighted by atomic mass is 32.2. The van der Waals surface area contributed by atoms with E-state index in [1.165, 1.54) is 37.0 Å². The lowest BCUT2D eigenvalue weighted by Crippen LogP contribution is -2.41.